The molecule has 0 amide bonds. The van der Waals surface area contributed by atoms with E-state index < -0.39 is 0 Å². The highest BCUT2D eigenvalue weighted by molar-refractivity contribution is 7.97. The Morgan fingerprint density at radius 2 is 1.97 bits per heavy atom. The summed E-state index contributed by atoms with van der Waals surface area (Å²) < 4.78 is 4.73. The van der Waals surface area contributed by atoms with E-state index in [1.54, 1.807) is 11.1 Å². The molecule has 5 rings (SSSR count). The fourth-order valence-corrected chi connectivity index (χ4v) is 6.13. The molecule has 2 aliphatic rings. The summed E-state index contributed by atoms with van der Waals surface area (Å²) in [5, 5.41) is 0. The fraction of sp³-hybridized carbons (Fsp3) is 0.310. The van der Waals surface area contributed by atoms with E-state index in [0.29, 0.717) is 0 Å². The Balaban J connectivity index is 1.47. The molecule has 3 heteroatoms. The number of allylic oxidation sites excluding steroid dienone is 2. The van der Waals surface area contributed by atoms with Crippen LogP contribution in [0, 0.1) is 13.8 Å². The van der Waals surface area contributed by atoms with E-state index in [9.17, 15) is 0 Å². The Labute approximate surface area is 196 Å². The van der Waals surface area contributed by atoms with Gasteiger partial charge in [-0.05, 0) is 85.9 Å². The SMILES string of the molecule is C=C(c1cc(CC)c2cc(-c3ccc(C)cc3C)cn2c1)N1CCC2=C(CCC=C2)CS1. The average molecular weight is 441 g/mol. The average Bonchev–Trinajstić information content (AvgIpc) is 3.10. The number of hydrogen-bond donors (Lipinski definition) is 0. The summed E-state index contributed by atoms with van der Waals surface area (Å²) in [6.45, 7) is 12.2. The molecule has 0 saturated heterocycles. The van der Waals surface area contributed by atoms with Gasteiger partial charge in [0.2, 0.25) is 0 Å². The standard InChI is InChI=1S/C29H32N2S/c1-5-23-15-26(22(4)31-13-12-24-8-6-7-9-25(24)19-32-31)17-30-18-27(16-29(23)30)28-11-10-20(2)14-21(28)3/h6,8,10-11,14-18H,4-5,7,9,12-13,19H2,1-3H3. The lowest BCUT2D eigenvalue weighted by atomic mass is 9.96. The van der Waals surface area contributed by atoms with Gasteiger partial charge in [-0.25, -0.2) is 0 Å². The summed E-state index contributed by atoms with van der Waals surface area (Å²) in [6.07, 6.45) is 13.8. The van der Waals surface area contributed by atoms with Crippen molar-refractivity contribution in [2.45, 2.75) is 46.5 Å². The van der Waals surface area contributed by atoms with E-state index in [2.05, 4.69) is 90.9 Å². The molecule has 1 aliphatic carbocycles. The van der Waals surface area contributed by atoms with Gasteiger partial charge in [-0.2, -0.15) is 0 Å². The third-order valence-electron chi connectivity index (χ3n) is 6.86. The van der Waals surface area contributed by atoms with Gasteiger partial charge in [-0.1, -0.05) is 55.0 Å². The van der Waals surface area contributed by atoms with Crippen molar-refractivity contribution in [1.82, 2.24) is 8.71 Å². The van der Waals surface area contributed by atoms with Crippen LogP contribution in [-0.2, 0) is 6.42 Å². The van der Waals surface area contributed by atoms with Crippen molar-refractivity contribution in [1.29, 1.82) is 0 Å². The highest BCUT2D eigenvalue weighted by Gasteiger charge is 2.20. The zero-order valence-electron chi connectivity index (χ0n) is 19.4. The lowest BCUT2D eigenvalue weighted by molar-refractivity contribution is 0.647. The predicted octanol–water partition coefficient (Wildman–Crippen LogP) is 7.76. The van der Waals surface area contributed by atoms with Crippen LogP contribution in [0.1, 0.15) is 48.4 Å². The number of aromatic nitrogens is 1. The summed E-state index contributed by atoms with van der Waals surface area (Å²) in [4.78, 5) is 0. The van der Waals surface area contributed by atoms with Gasteiger partial charge in [-0.3, -0.25) is 0 Å². The maximum Gasteiger partial charge on any atom is 0.0488 e. The molecule has 0 atom stereocenters. The van der Waals surface area contributed by atoms with Crippen molar-refractivity contribution < 1.29 is 0 Å². The van der Waals surface area contributed by atoms with Crippen LogP contribution in [0.5, 0.6) is 0 Å². The zero-order chi connectivity index (χ0) is 22.2. The van der Waals surface area contributed by atoms with E-state index >= 15 is 0 Å². The molecule has 0 saturated carbocycles. The van der Waals surface area contributed by atoms with Crippen LogP contribution >= 0.6 is 11.9 Å². The van der Waals surface area contributed by atoms with Crippen LogP contribution in [0.2, 0.25) is 0 Å². The van der Waals surface area contributed by atoms with E-state index in [1.807, 2.05) is 11.9 Å². The van der Waals surface area contributed by atoms with Gasteiger partial charge in [0.1, 0.15) is 0 Å². The number of fused-ring (bicyclic) bond motifs is 1. The molecule has 0 fully saturated rings. The molecule has 32 heavy (non-hydrogen) atoms. The molecule has 3 aromatic rings. The topological polar surface area (TPSA) is 7.65 Å². The predicted molar refractivity (Wildman–Crippen MR) is 140 cm³/mol. The lowest BCUT2D eigenvalue weighted by Crippen LogP contribution is -2.15. The number of pyridine rings is 1. The smallest absolute Gasteiger partial charge is 0.0488 e. The molecular weight excluding hydrogens is 408 g/mol. The van der Waals surface area contributed by atoms with Crippen LogP contribution in [0.25, 0.3) is 22.3 Å². The van der Waals surface area contributed by atoms with E-state index in [0.717, 1.165) is 30.8 Å². The second kappa shape index (κ2) is 8.71. The molecule has 2 aromatic heterocycles. The largest absolute Gasteiger partial charge is 0.322 e. The third kappa shape index (κ3) is 3.95. The maximum absolute atomic E-state index is 4.53. The van der Waals surface area contributed by atoms with Crippen LogP contribution in [0.15, 0.2) is 72.6 Å². The highest BCUT2D eigenvalue weighted by Crippen LogP contribution is 2.36. The van der Waals surface area contributed by atoms with Gasteiger partial charge in [0, 0.05) is 47.0 Å². The first-order valence-electron chi connectivity index (χ1n) is 11.7. The van der Waals surface area contributed by atoms with Crippen molar-refractivity contribution in [3.8, 4) is 11.1 Å². The molecule has 0 N–H and O–H groups in total. The van der Waals surface area contributed by atoms with E-state index in [1.165, 1.54) is 51.7 Å². The van der Waals surface area contributed by atoms with Crippen molar-refractivity contribution in [2.75, 3.05) is 12.3 Å². The number of aryl methyl sites for hydroxylation is 3. The first kappa shape index (κ1) is 21.2. The Morgan fingerprint density at radius 1 is 1.09 bits per heavy atom. The highest BCUT2D eigenvalue weighted by atomic mass is 32.2. The molecule has 1 aliphatic heterocycles. The van der Waals surface area contributed by atoms with Gasteiger partial charge >= 0.3 is 0 Å². The number of nitrogens with zero attached hydrogens (tertiary/aromatic N) is 2. The minimum atomic E-state index is 1.01. The molecule has 0 spiro atoms. The third-order valence-corrected chi connectivity index (χ3v) is 8.05. The second-order valence-electron chi connectivity index (χ2n) is 9.09. The van der Waals surface area contributed by atoms with Crippen LogP contribution in [0.3, 0.4) is 0 Å². The Hall–Kier alpha value is -2.65. The summed E-state index contributed by atoms with van der Waals surface area (Å²) in [6, 6.07) is 11.4. The lowest BCUT2D eigenvalue weighted by Gasteiger charge is -2.24. The molecule has 0 radical (unpaired) electrons. The van der Waals surface area contributed by atoms with Gasteiger partial charge in [0.15, 0.2) is 0 Å². The van der Waals surface area contributed by atoms with E-state index in [-0.39, 0.29) is 0 Å². The molecule has 2 nitrogen and oxygen atoms in total. The molecule has 164 valence electrons. The van der Waals surface area contributed by atoms with Gasteiger partial charge in [0.05, 0.1) is 0 Å². The zero-order valence-corrected chi connectivity index (χ0v) is 20.3. The Bertz CT molecular complexity index is 1260. The van der Waals surface area contributed by atoms with E-state index in [4.69, 9.17) is 0 Å². The molecular formula is C29H32N2S. The van der Waals surface area contributed by atoms with Crippen molar-refractivity contribution in [2.24, 2.45) is 0 Å². The molecule has 0 bridgehead atoms. The second-order valence-corrected chi connectivity index (χ2v) is 10.1. The van der Waals surface area contributed by atoms with Crippen LogP contribution in [0.4, 0.5) is 0 Å². The Kier molecular flexibility index (Phi) is 5.77. The minimum absolute atomic E-state index is 1.01. The summed E-state index contributed by atoms with van der Waals surface area (Å²) in [5.74, 6) is 1.09. The molecule has 0 unspecified atom stereocenters. The van der Waals surface area contributed by atoms with Gasteiger partial charge in [0.25, 0.3) is 0 Å². The van der Waals surface area contributed by atoms with Crippen molar-refractivity contribution >= 4 is 23.2 Å². The first-order chi connectivity index (χ1) is 15.5. The van der Waals surface area contributed by atoms with Gasteiger partial charge in [-0.15, -0.1) is 0 Å². The molecule has 3 heterocycles. The van der Waals surface area contributed by atoms with Crippen LogP contribution < -0.4 is 0 Å². The molecule has 1 aromatic carbocycles. The summed E-state index contributed by atoms with van der Waals surface area (Å²) >= 11 is 1.93. The maximum atomic E-state index is 4.53. The van der Waals surface area contributed by atoms with Gasteiger partial charge < -0.3 is 8.71 Å². The normalized spacial score (nSPS) is 16.4. The monoisotopic (exact) mass is 440 g/mol. The Morgan fingerprint density at radius 3 is 2.78 bits per heavy atom. The summed E-state index contributed by atoms with van der Waals surface area (Å²) in [5.41, 5.74) is 13.4. The minimum Gasteiger partial charge on any atom is -0.322 e. The number of hydrogen-bond acceptors (Lipinski definition) is 2. The van der Waals surface area contributed by atoms with Crippen molar-refractivity contribution in [3.05, 3.63) is 94.9 Å². The fourth-order valence-electron chi connectivity index (χ4n) is 5.00. The first-order valence-corrected chi connectivity index (χ1v) is 12.7. The number of rotatable bonds is 4. The summed E-state index contributed by atoms with van der Waals surface area (Å²) in [7, 11) is 0. The number of benzene rings is 1. The van der Waals surface area contributed by atoms with Crippen molar-refractivity contribution in [3.63, 3.8) is 0 Å². The van der Waals surface area contributed by atoms with Crippen LogP contribution in [-0.4, -0.2) is 21.0 Å². The quantitative estimate of drug-likeness (QED) is 0.383.